The fourth-order valence-corrected chi connectivity index (χ4v) is 2.39. The first kappa shape index (κ1) is 13.4. The zero-order valence-electron chi connectivity index (χ0n) is 10.2. The van der Waals surface area contributed by atoms with E-state index in [4.69, 9.17) is 16.7 Å². The number of hydrogen-bond acceptors (Lipinski definition) is 2. The highest BCUT2D eigenvalue weighted by Gasteiger charge is 2.26. The fraction of sp³-hybridized carbons (Fsp3) is 0.500. The number of carbonyl (C=O) groups excluding carboxylic acids is 1. The number of hydrogen-bond donors (Lipinski definition) is 2. The molecule has 0 aliphatic heterocycles. The Morgan fingerprint density at radius 3 is 2.78 bits per heavy atom. The molecule has 0 spiro atoms. The van der Waals surface area contributed by atoms with Gasteiger partial charge >= 0.3 is 0 Å². The quantitative estimate of drug-likeness (QED) is 0.859. The highest BCUT2D eigenvalue weighted by Crippen LogP contribution is 2.26. The molecule has 1 amide bonds. The minimum atomic E-state index is -0.157. The third-order valence-electron chi connectivity index (χ3n) is 3.38. The van der Waals surface area contributed by atoms with Crippen LogP contribution in [0.5, 0.6) is 0 Å². The van der Waals surface area contributed by atoms with Crippen LogP contribution in [0.25, 0.3) is 0 Å². The van der Waals surface area contributed by atoms with Crippen LogP contribution in [0.3, 0.4) is 0 Å². The van der Waals surface area contributed by atoms with E-state index in [0.717, 1.165) is 18.4 Å². The lowest BCUT2D eigenvalue weighted by Gasteiger charge is -2.31. The van der Waals surface area contributed by atoms with Gasteiger partial charge in [-0.15, -0.1) is 0 Å². The molecule has 2 rings (SSSR count). The molecule has 0 heterocycles. The molecule has 1 aromatic rings. The van der Waals surface area contributed by atoms with Crippen molar-refractivity contribution in [1.82, 2.24) is 5.32 Å². The number of aryl methyl sites for hydroxylation is 1. The van der Waals surface area contributed by atoms with Crippen molar-refractivity contribution in [2.45, 2.75) is 31.8 Å². The molecule has 18 heavy (non-hydrogen) atoms. The second-order valence-corrected chi connectivity index (χ2v) is 5.29. The van der Waals surface area contributed by atoms with Gasteiger partial charge in [-0.05, 0) is 36.8 Å². The molecule has 0 aromatic heterocycles. The number of aliphatic hydroxyl groups excluding tert-OH is 1. The molecule has 0 unspecified atom stereocenters. The number of amides is 1. The van der Waals surface area contributed by atoms with Gasteiger partial charge in [0.2, 0.25) is 5.91 Å². The monoisotopic (exact) mass is 267 g/mol. The Kier molecular flexibility index (Phi) is 4.61. The summed E-state index contributed by atoms with van der Waals surface area (Å²) in [5.74, 6) is 0.501. The second kappa shape index (κ2) is 6.21. The maximum atomic E-state index is 11.6. The van der Waals surface area contributed by atoms with Gasteiger partial charge in [0, 0.05) is 18.0 Å². The predicted octanol–water partition coefficient (Wildman–Crippen LogP) is 2.16. The molecular formula is C14H18ClNO2. The van der Waals surface area contributed by atoms with E-state index in [0.29, 0.717) is 30.3 Å². The Balaban J connectivity index is 1.67. The largest absolute Gasteiger partial charge is 0.393 e. The molecule has 0 atom stereocenters. The molecule has 1 fully saturated rings. The molecule has 98 valence electrons. The van der Waals surface area contributed by atoms with Gasteiger partial charge in [0.25, 0.3) is 0 Å². The molecule has 1 saturated carbocycles. The second-order valence-electron chi connectivity index (χ2n) is 4.89. The number of carbonyl (C=O) groups is 1. The molecule has 2 N–H and O–H groups in total. The van der Waals surface area contributed by atoms with Crippen LogP contribution in [0, 0.1) is 5.92 Å². The molecule has 0 radical (unpaired) electrons. The van der Waals surface area contributed by atoms with Crippen LogP contribution in [0.2, 0.25) is 5.02 Å². The summed E-state index contributed by atoms with van der Waals surface area (Å²) in [6, 6.07) is 7.59. The standard InChI is InChI=1S/C14H18ClNO2/c15-13-4-2-1-3-11(13)5-6-14(18)16-9-10-7-12(17)8-10/h1-4,10,12,17H,5-9H2,(H,16,18). The van der Waals surface area contributed by atoms with E-state index in [1.807, 2.05) is 24.3 Å². The SMILES string of the molecule is O=C(CCc1ccccc1Cl)NCC1CC(O)C1. The highest BCUT2D eigenvalue weighted by atomic mass is 35.5. The van der Waals surface area contributed by atoms with Gasteiger partial charge < -0.3 is 10.4 Å². The smallest absolute Gasteiger partial charge is 0.220 e. The van der Waals surface area contributed by atoms with Gasteiger partial charge in [0.05, 0.1) is 6.10 Å². The predicted molar refractivity (Wildman–Crippen MR) is 71.5 cm³/mol. The Morgan fingerprint density at radius 2 is 2.11 bits per heavy atom. The van der Waals surface area contributed by atoms with E-state index >= 15 is 0 Å². The Morgan fingerprint density at radius 1 is 1.39 bits per heavy atom. The molecule has 1 aliphatic carbocycles. The van der Waals surface area contributed by atoms with Gasteiger partial charge in [0.1, 0.15) is 0 Å². The Labute approximate surface area is 112 Å². The van der Waals surface area contributed by atoms with Crippen LogP contribution in [0.1, 0.15) is 24.8 Å². The van der Waals surface area contributed by atoms with Crippen molar-refractivity contribution in [3.05, 3.63) is 34.9 Å². The third-order valence-corrected chi connectivity index (χ3v) is 3.75. The molecule has 1 aliphatic rings. The topological polar surface area (TPSA) is 49.3 Å². The molecule has 0 saturated heterocycles. The normalized spacial score (nSPS) is 22.3. The summed E-state index contributed by atoms with van der Waals surface area (Å²) in [6.07, 6.45) is 2.59. The molecule has 1 aromatic carbocycles. The molecule has 4 heteroatoms. The van der Waals surface area contributed by atoms with Crippen LogP contribution in [-0.2, 0) is 11.2 Å². The van der Waals surface area contributed by atoms with Gasteiger partial charge in [-0.3, -0.25) is 4.79 Å². The van der Waals surface area contributed by atoms with E-state index in [1.54, 1.807) is 0 Å². The maximum absolute atomic E-state index is 11.6. The number of halogens is 1. The van der Waals surface area contributed by atoms with E-state index in [-0.39, 0.29) is 12.0 Å². The van der Waals surface area contributed by atoms with E-state index < -0.39 is 0 Å². The Bertz CT molecular complexity index is 416. The minimum Gasteiger partial charge on any atom is -0.393 e. The lowest BCUT2D eigenvalue weighted by atomic mass is 9.82. The first-order chi connectivity index (χ1) is 8.65. The molecular weight excluding hydrogens is 250 g/mol. The van der Waals surface area contributed by atoms with Gasteiger partial charge in [0.15, 0.2) is 0 Å². The van der Waals surface area contributed by atoms with Crippen molar-refractivity contribution < 1.29 is 9.90 Å². The van der Waals surface area contributed by atoms with Gasteiger partial charge in [-0.2, -0.15) is 0 Å². The van der Waals surface area contributed by atoms with Crippen molar-refractivity contribution in [1.29, 1.82) is 0 Å². The maximum Gasteiger partial charge on any atom is 0.220 e. The van der Waals surface area contributed by atoms with Crippen molar-refractivity contribution in [2.24, 2.45) is 5.92 Å². The van der Waals surface area contributed by atoms with E-state index in [9.17, 15) is 4.79 Å². The van der Waals surface area contributed by atoms with Crippen molar-refractivity contribution >= 4 is 17.5 Å². The number of aliphatic hydroxyl groups is 1. The third kappa shape index (κ3) is 3.72. The summed E-state index contributed by atoms with van der Waals surface area (Å²) in [5, 5.41) is 12.8. The van der Waals surface area contributed by atoms with E-state index in [2.05, 4.69) is 5.32 Å². The average molecular weight is 268 g/mol. The number of rotatable bonds is 5. The fourth-order valence-electron chi connectivity index (χ4n) is 2.16. The van der Waals surface area contributed by atoms with Crippen molar-refractivity contribution in [2.75, 3.05) is 6.54 Å². The van der Waals surface area contributed by atoms with Gasteiger partial charge in [-0.1, -0.05) is 29.8 Å². The summed E-state index contributed by atoms with van der Waals surface area (Å²) in [4.78, 5) is 11.6. The lowest BCUT2D eigenvalue weighted by molar-refractivity contribution is -0.121. The molecule has 0 bridgehead atoms. The summed E-state index contributed by atoms with van der Waals surface area (Å²) in [5.41, 5.74) is 1.01. The summed E-state index contributed by atoms with van der Waals surface area (Å²) in [6.45, 7) is 0.679. The summed E-state index contributed by atoms with van der Waals surface area (Å²) in [7, 11) is 0. The first-order valence-electron chi connectivity index (χ1n) is 6.33. The zero-order valence-corrected chi connectivity index (χ0v) is 11.0. The number of nitrogens with one attached hydrogen (secondary N) is 1. The van der Waals surface area contributed by atoms with E-state index in [1.165, 1.54) is 0 Å². The molecule has 3 nitrogen and oxygen atoms in total. The highest BCUT2D eigenvalue weighted by molar-refractivity contribution is 6.31. The van der Waals surface area contributed by atoms with Gasteiger partial charge in [-0.25, -0.2) is 0 Å². The Hall–Kier alpha value is -1.06. The lowest BCUT2D eigenvalue weighted by Crippen LogP contribution is -2.38. The van der Waals surface area contributed by atoms with Crippen molar-refractivity contribution in [3.63, 3.8) is 0 Å². The van der Waals surface area contributed by atoms with Crippen LogP contribution >= 0.6 is 11.6 Å². The van der Waals surface area contributed by atoms with Crippen LogP contribution in [-0.4, -0.2) is 23.7 Å². The zero-order chi connectivity index (χ0) is 13.0. The first-order valence-corrected chi connectivity index (χ1v) is 6.71. The summed E-state index contributed by atoms with van der Waals surface area (Å²) >= 11 is 6.02. The average Bonchev–Trinajstić information content (AvgIpc) is 2.32. The van der Waals surface area contributed by atoms with Crippen LogP contribution in [0.4, 0.5) is 0 Å². The van der Waals surface area contributed by atoms with Crippen LogP contribution in [0.15, 0.2) is 24.3 Å². The van der Waals surface area contributed by atoms with Crippen molar-refractivity contribution in [3.8, 4) is 0 Å². The van der Waals surface area contributed by atoms with Crippen LogP contribution < -0.4 is 5.32 Å². The summed E-state index contributed by atoms with van der Waals surface area (Å²) < 4.78 is 0. The minimum absolute atomic E-state index is 0.0521. The number of benzene rings is 1.